The van der Waals surface area contributed by atoms with Crippen molar-refractivity contribution in [1.29, 1.82) is 0 Å². The predicted octanol–water partition coefficient (Wildman–Crippen LogP) is 8.09. The van der Waals surface area contributed by atoms with Gasteiger partial charge in [-0.2, -0.15) is 0 Å². The van der Waals surface area contributed by atoms with Crippen molar-refractivity contribution in [3.8, 4) is 0 Å². The molecule has 0 spiro atoms. The molecule has 3 atom stereocenters. The molecule has 0 radical (unpaired) electrons. The van der Waals surface area contributed by atoms with Crippen LogP contribution < -0.4 is 5.32 Å². The molecule has 0 aliphatic rings. The van der Waals surface area contributed by atoms with Gasteiger partial charge in [-0.1, -0.05) is 147 Å². The van der Waals surface area contributed by atoms with Gasteiger partial charge in [0.05, 0.1) is 31.3 Å². The minimum absolute atomic E-state index is 0.00173. The van der Waals surface area contributed by atoms with E-state index < -0.39 is 18.2 Å². The number of amides is 1. The van der Waals surface area contributed by atoms with Crippen LogP contribution in [-0.4, -0.2) is 46.1 Å². The Balaban J connectivity index is 3.90. The molecular formula is C34H63NO4. The quantitative estimate of drug-likeness (QED) is 0.0451. The number of unbranched alkanes of at least 4 members (excludes halogenated alkanes) is 16. The van der Waals surface area contributed by atoms with Crippen LogP contribution in [-0.2, 0) is 4.79 Å². The highest BCUT2D eigenvalue weighted by atomic mass is 16.3. The van der Waals surface area contributed by atoms with E-state index in [2.05, 4.69) is 43.5 Å². The highest BCUT2D eigenvalue weighted by Crippen LogP contribution is 2.13. The van der Waals surface area contributed by atoms with Gasteiger partial charge in [-0.3, -0.25) is 4.79 Å². The van der Waals surface area contributed by atoms with Crippen LogP contribution in [0.3, 0.4) is 0 Å². The summed E-state index contributed by atoms with van der Waals surface area (Å²) in [5.74, 6) is -0.336. The van der Waals surface area contributed by atoms with Crippen molar-refractivity contribution in [2.45, 2.75) is 167 Å². The van der Waals surface area contributed by atoms with Crippen molar-refractivity contribution in [2.75, 3.05) is 6.61 Å². The first kappa shape index (κ1) is 37.6. The third-order valence-corrected chi connectivity index (χ3v) is 7.21. The van der Waals surface area contributed by atoms with E-state index in [-0.39, 0.29) is 18.9 Å². The van der Waals surface area contributed by atoms with Crippen LogP contribution in [0.2, 0.25) is 0 Å². The summed E-state index contributed by atoms with van der Waals surface area (Å²) in [6.45, 7) is 4.13. The van der Waals surface area contributed by atoms with Gasteiger partial charge in [0.15, 0.2) is 0 Å². The van der Waals surface area contributed by atoms with Gasteiger partial charge < -0.3 is 20.6 Å². The zero-order valence-corrected chi connectivity index (χ0v) is 25.5. The number of carbonyl (C=O) groups excluding carboxylic acids is 1. The molecule has 39 heavy (non-hydrogen) atoms. The molecule has 0 saturated heterocycles. The summed E-state index contributed by atoms with van der Waals surface area (Å²) in [6.07, 6.45) is 34.0. The summed E-state index contributed by atoms with van der Waals surface area (Å²) in [5.41, 5.74) is 0. The zero-order chi connectivity index (χ0) is 28.8. The van der Waals surface area contributed by atoms with Crippen molar-refractivity contribution in [3.05, 3.63) is 36.5 Å². The highest BCUT2D eigenvalue weighted by Gasteiger charge is 2.20. The summed E-state index contributed by atoms with van der Waals surface area (Å²) in [5, 5.41) is 32.8. The normalized spacial score (nSPS) is 14.5. The lowest BCUT2D eigenvalue weighted by atomic mass is 10.0. The maximum atomic E-state index is 12.3. The summed E-state index contributed by atoms with van der Waals surface area (Å²) < 4.78 is 0. The Hall–Kier alpha value is -1.43. The molecule has 228 valence electrons. The molecule has 5 nitrogen and oxygen atoms in total. The van der Waals surface area contributed by atoms with Crippen molar-refractivity contribution in [2.24, 2.45) is 0 Å². The third kappa shape index (κ3) is 26.6. The van der Waals surface area contributed by atoms with E-state index >= 15 is 0 Å². The molecular weight excluding hydrogens is 486 g/mol. The van der Waals surface area contributed by atoms with Gasteiger partial charge in [0.2, 0.25) is 5.91 Å². The minimum Gasteiger partial charge on any atom is -0.394 e. The van der Waals surface area contributed by atoms with Crippen LogP contribution in [0.1, 0.15) is 149 Å². The van der Waals surface area contributed by atoms with E-state index in [1.807, 2.05) is 6.08 Å². The predicted molar refractivity (Wildman–Crippen MR) is 167 cm³/mol. The van der Waals surface area contributed by atoms with Crippen molar-refractivity contribution >= 4 is 5.91 Å². The number of aliphatic hydroxyl groups is 3. The van der Waals surface area contributed by atoms with E-state index in [0.29, 0.717) is 6.42 Å². The Morgan fingerprint density at radius 1 is 0.667 bits per heavy atom. The fourth-order valence-electron chi connectivity index (χ4n) is 4.64. The van der Waals surface area contributed by atoms with Crippen molar-refractivity contribution in [1.82, 2.24) is 5.32 Å². The molecule has 0 heterocycles. The van der Waals surface area contributed by atoms with Crippen LogP contribution in [0.25, 0.3) is 0 Å². The summed E-state index contributed by atoms with van der Waals surface area (Å²) in [7, 11) is 0. The molecule has 0 fully saturated rings. The second-order valence-corrected chi connectivity index (χ2v) is 11.1. The monoisotopic (exact) mass is 549 g/mol. The maximum absolute atomic E-state index is 12.3. The standard InChI is InChI=1S/C34H63NO4/c1-3-5-7-9-11-13-15-16-18-20-22-24-26-28-33(38)32(30-36)35-34(39)29-31(37)27-25-23-21-19-17-14-12-10-8-6-4-2/h15-16,18,20,26,28,31-33,36-38H,3-14,17,19,21-25,27,29-30H2,1-2H3,(H,35,39). The topological polar surface area (TPSA) is 89.8 Å². The van der Waals surface area contributed by atoms with Gasteiger partial charge in [0.1, 0.15) is 0 Å². The van der Waals surface area contributed by atoms with Crippen LogP contribution >= 0.6 is 0 Å². The number of aliphatic hydroxyl groups excluding tert-OH is 3. The van der Waals surface area contributed by atoms with E-state index in [1.54, 1.807) is 6.08 Å². The van der Waals surface area contributed by atoms with Crippen molar-refractivity contribution in [3.63, 3.8) is 0 Å². The number of rotatable bonds is 28. The Bertz CT molecular complexity index is 616. The molecule has 1 amide bonds. The molecule has 3 unspecified atom stereocenters. The molecule has 0 aromatic rings. The van der Waals surface area contributed by atoms with Crippen LogP contribution in [0.4, 0.5) is 0 Å². The van der Waals surface area contributed by atoms with Crippen LogP contribution in [0, 0.1) is 0 Å². The first-order valence-electron chi connectivity index (χ1n) is 16.3. The average Bonchev–Trinajstić information content (AvgIpc) is 2.92. The number of allylic oxidation sites excluding steroid dienone is 5. The molecule has 0 saturated carbocycles. The first-order valence-corrected chi connectivity index (χ1v) is 16.3. The molecule has 5 heteroatoms. The third-order valence-electron chi connectivity index (χ3n) is 7.21. The van der Waals surface area contributed by atoms with E-state index in [1.165, 1.54) is 89.9 Å². The summed E-state index contributed by atoms with van der Waals surface area (Å²) >= 11 is 0. The zero-order valence-electron chi connectivity index (χ0n) is 25.5. The molecule has 0 bridgehead atoms. The Labute approximate surface area is 241 Å². The lowest BCUT2D eigenvalue weighted by molar-refractivity contribution is -0.124. The largest absolute Gasteiger partial charge is 0.394 e. The first-order chi connectivity index (χ1) is 19.0. The Morgan fingerprint density at radius 2 is 1.15 bits per heavy atom. The van der Waals surface area contributed by atoms with Gasteiger partial charge in [-0.25, -0.2) is 0 Å². The Morgan fingerprint density at radius 3 is 1.72 bits per heavy atom. The minimum atomic E-state index is -0.959. The lowest BCUT2D eigenvalue weighted by Crippen LogP contribution is -2.45. The number of hydrogen-bond acceptors (Lipinski definition) is 4. The van der Waals surface area contributed by atoms with Crippen LogP contribution in [0.5, 0.6) is 0 Å². The average molecular weight is 550 g/mol. The summed E-state index contributed by atoms with van der Waals surface area (Å²) in [4.78, 5) is 12.3. The molecule has 0 rings (SSSR count). The van der Waals surface area contributed by atoms with Gasteiger partial charge >= 0.3 is 0 Å². The SMILES string of the molecule is CCCCCCCC=CC=CCCC=CC(O)C(CO)NC(=O)CC(O)CCCCCCCCCCCCC. The smallest absolute Gasteiger partial charge is 0.222 e. The summed E-state index contributed by atoms with van der Waals surface area (Å²) in [6, 6.07) is -0.765. The number of hydrogen-bond donors (Lipinski definition) is 4. The second-order valence-electron chi connectivity index (χ2n) is 11.1. The second kappa shape index (κ2) is 29.6. The van der Waals surface area contributed by atoms with E-state index in [0.717, 1.165) is 32.1 Å². The molecule has 4 N–H and O–H groups in total. The fourth-order valence-corrected chi connectivity index (χ4v) is 4.64. The molecule has 0 aliphatic heterocycles. The lowest BCUT2D eigenvalue weighted by Gasteiger charge is -2.20. The van der Waals surface area contributed by atoms with E-state index in [4.69, 9.17) is 0 Å². The molecule has 0 aromatic carbocycles. The number of nitrogens with one attached hydrogen (secondary N) is 1. The maximum Gasteiger partial charge on any atom is 0.222 e. The Kier molecular flexibility index (Phi) is 28.5. The fraction of sp³-hybridized carbons (Fsp3) is 0.794. The van der Waals surface area contributed by atoms with Gasteiger partial charge in [0.25, 0.3) is 0 Å². The number of carbonyl (C=O) groups is 1. The van der Waals surface area contributed by atoms with Gasteiger partial charge in [-0.05, 0) is 32.1 Å². The molecule has 0 aromatic heterocycles. The highest BCUT2D eigenvalue weighted by molar-refractivity contribution is 5.76. The van der Waals surface area contributed by atoms with E-state index in [9.17, 15) is 20.1 Å². The van der Waals surface area contributed by atoms with Gasteiger partial charge in [0, 0.05) is 0 Å². The van der Waals surface area contributed by atoms with Crippen molar-refractivity contribution < 1.29 is 20.1 Å². The molecule has 0 aliphatic carbocycles. The van der Waals surface area contributed by atoms with Gasteiger partial charge in [-0.15, -0.1) is 0 Å². The van der Waals surface area contributed by atoms with Crippen LogP contribution in [0.15, 0.2) is 36.5 Å².